The normalized spacial score (nSPS) is 12.6. The molecule has 1 aliphatic rings. The third-order valence-electron chi connectivity index (χ3n) is 14.1. The van der Waals surface area contributed by atoms with E-state index in [1.54, 1.807) is 0 Å². The summed E-state index contributed by atoms with van der Waals surface area (Å²) < 4.78 is 2.38. The predicted octanol–water partition coefficient (Wildman–Crippen LogP) is 17.1. The van der Waals surface area contributed by atoms with Crippen LogP contribution in [0.3, 0.4) is 0 Å². The number of anilines is 3. The molecule has 0 saturated carbocycles. The number of aromatic nitrogens is 1. The van der Waals surface area contributed by atoms with Gasteiger partial charge in [-0.1, -0.05) is 206 Å². The molecule has 0 N–H and O–H groups in total. The monoisotopic (exact) mass is 852 g/mol. The molecule has 11 aromatic carbocycles. The van der Waals surface area contributed by atoms with Crippen LogP contribution in [0.1, 0.15) is 22.3 Å². The van der Waals surface area contributed by atoms with Gasteiger partial charge in [0, 0.05) is 33.4 Å². The third-order valence-corrected chi connectivity index (χ3v) is 14.1. The first-order valence-corrected chi connectivity index (χ1v) is 23.2. The summed E-state index contributed by atoms with van der Waals surface area (Å²) in [5.41, 5.74) is 18.8. The fourth-order valence-electron chi connectivity index (χ4n) is 11.2. The van der Waals surface area contributed by atoms with E-state index < -0.39 is 5.41 Å². The van der Waals surface area contributed by atoms with Crippen LogP contribution in [0.4, 0.5) is 17.1 Å². The second kappa shape index (κ2) is 15.8. The molecule has 1 aromatic heterocycles. The van der Waals surface area contributed by atoms with E-state index in [9.17, 15) is 0 Å². The van der Waals surface area contributed by atoms with E-state index in [0.717, 1.165) is 22.7 Å². The van der Waals surface area contributed by atoms with Crippen molar-refractivity contribution in [2.24, 2.45) is 0 Å². The first kappa shape index (κ1) is 38.7. The van der Waals surface area contributed by atoms with Crippen LogP contribution in [0.25, 0.3) is 71.6 Å². The smallest absolute Gasteiger partial charge is 0.0714 e. The highest BCUT2D eigenvalue weighted by Gasteiger charge is 2.46. The summed E-state index contributed by atoms with van der Waals surface area (Å²) in [5, 5.41) is 4.97. The van der Waals surface area contributed by atoms with Crippen molar-refractivity contribution in [3.8, 4) is 39.1 Å². The predicted molar refractivity (Wildman–Crippen MR) is 281 cm³/mol. The molecule has 0 spiro atoms. The van der Waals surface area contributed by atoms with E-state index in [0.29, 0.717) is 0 Å². The molecule has 13 rings (SSSR count). The highest BCUT2D eigenvalue weighted by Crippen LogP contribution is 2.58. The van der Waals surface area contributed by atoms with Crippen LogP contribution in [0, 0.1) is 0 Å². The molecule has 1 aliphatic carbocycles. The molecule has 12 aromatic rings. The van der Waals surface area contributed by atoms with Crippen molar-refractivity contribution in [3.63, 3.8) is 0 Å². The zero-order valence-electron chi connectivity index (χ0n) is 36.8. The second-order valence-corrected chi connectivity index (χ2v) is 17.6. The van der Waals surface area contributed by atoms with Crippen LogP contribution in [0.5, 0.6) is 0 Å². The average Bonchev–Trinajstić information content (AvgIpc) is 3.90. The zero-order chi connectivity index (χ0) is 44.3. The first-order chi connectivity index (χ1) is 33.3. The molecule has 0 atom stereocenters. The number of fused-ring (bicyclic) bond motifs is 8. The minimum atomic E-state index is -0.507. The molecule has 2 heteroatoms. The lowest BCUT2D eigenvalue weighted by molar-refractivity contribution is 0.769. The van der Waals surface area contributed by atoms with Crippen molar-refractivity contribution in [2.45, 2.75) is 5.41 Å². The minimum absolute atomic E-state index is 0.507. The van der Waals surface area contributed by atoms with Gasteiger partial charge in [0.1, 0.15) is 0 Å². The lowest BCUT2D eigenvalue weighted by Crippen LogP contribution is -2.28. The number of hydrogen-bond acceptors (Lipinski definition) is 1. The number of nitrogens with zero attached hydrogens (tertiary/aromatic N) is 2. The van der Waals surface area contributed by atoms with Gasteiger partial charge in [-0.15, -0.1) is 0 Å². The fraction of sp³-hybridized carbons (Fsp3) is 0.0154. The highest BCUT2D eigenvalue weighted by atomic mass is 15.1. The molecule has 0 saturated heterocycles. The summed E-state index contributed by atoms with van der Waals surface area (Å²) in [4.78, 5) is 2.43. The van der Waals surface area contributed by atoms with Gasteiger partial charge in [0.05, 0.1) is 22.1 Å². The Morgan fingerprint density at radius 3 is 1.66 bits per heavy atom. The van der Waals surface area contributed by atoms with Crippen molar-refractivity contribution >= 4 is 49.6 Å². The molecule has 0 unspecified atom stereocenters. The Kier molecular flexibility index (Phi) is 9.11. The van der Waals surface area contributed by atoms with E-state index in [1.165, 1.54) is 88.2 Å². The van der Waals surface area contributed by atoms with Crippen LogP contribution in [0.2, 0.25) is 0 Å². The maximum absolute atomic E-state index is 2.47. The summed E-state index contributed by atoms with van der Waals surface area (Å²) in [6, 6.07) is 98.0. The topological polar surface area (TPSA) is 8.17 Å². The van der Waals surface area contributed by atoms with Crippen LogP contribution in [-0.4, -0.2) is 4.57 Å². The number of benzene rings is 11. The van der Waals surface area contributed by atoms with Crippen molar-refractivity contribution in [1.82, 2.24) is 4.57 Å². The van der Waals surface area contributed by atoms with Gasteiger partial charge in [0.2, 0.25) is 0 Å². The number of para-hydroxylation sites is 3. The molecule has 2 nitrogen and oxygen atoms in total. The van der Waals surface area contributed by atoms with Crippen LogP contribution in [0.15, 0.2) is 267 Å². The molecule has 0 radical (unpaired) electrons. The number of hydrogen-bond donors (Lipinski definition) is 0. The van der Waals surface area contributed by atoms with E-state index in [2.05, 4.69) is 276 Å². The van der Waals surface area contributed by atoms with Crippen LogP contribution in [-0.2, 0) is 5.41 Å². The Morgan fingerprint density at radius 1 is 0.328 bits per heavy atom. The lowest BCUT2D eigenvalue weighted by atomic mass is 9.67. The van der Waals surface area contributed by atoms with Gasteiger partial charge in [0.15, 0.2) is 0 Å². The lowest BCUT2D eigenvalue weighted by Gasteiger charge is -2.34. The minimum Gasteiger partial charge on any atom is -0.310 e. The van der Waals surface area contributed by atoms with Gasteiger partial charge in [-0.05, 0) is 122 Å². The Bertz CT molecular complexity index is 3740. The molecule has 0 amide bonds. The van der Waals surface area contributed by atoms with Gasteiger partial charge < -0.3 is 9.47 Å². The summed E-state index contributed by atoms with van der Waals surface area (Å²) >= 11 is 0. The highest BCUT2D eigenvalue weighted by molar-refractivity contribution is 6.11. The molecular formula is C65H44N2. The largest absolute Gasteiger partial charge is 0.310 e. The van der Waals surface area contributed by atoms with Gasteiger partial charge in [-0.2, -0.15) is 0 Å². The van der Waals surface area contributed by atoms with E-state index in [4.69, 9.17) is 0 Å². The summed E-state index contributed by atoms with van der Waals surface area (Å²) in [6.45, 7) is 0. The van der Waals surface area contributed by atoms with Gasteiger partial charge in [-0.25, -0.2) is 0 Å². The molecule has 0 fully saturated rings. The Balaban J connectivity index is 0.992. The average molecular weight is 853 g/mol. The molecule has 314 valence electrons. The van der Waals surface area contributed by atoms with Crippen LogP contribution >= 0.6 is 0 Å². The van der Waals surface area contributed by atoms with Crippen LogP contribution < -0.4 is 4.90 Å². The summed E-state index contributed by atoms with van der Waals surface area (Å²) in [6.07, 6.45) is 0. The quantitative estimate of drug-likeness (QED) is 0.148. The van der Waals surface area contributed by atoms with Crippen molar-refractivity contribution in [1.29, 1.82) is 0 Å². The summed E-state index contributed by atoms with van der Waals surface area (Å²) in [5.74, 6) is 0. The first-order valence-electron chi connectivity index (χ1n) is 23.2. The van der Waals surface area contributed by atoms with E-state index >= 15 is 0 Å². The fourth-order valence-corrected chi connectivity index (χ4v) is 11.2. The zero-order valence-corrected chi connectivity index (χ0v) is 36.8. The van der Waals surface area contributed by atoms with E-state index in [-0.39, 0.29) is 0 Å². The van der Waals surface area contributed by atoms with E-state index in [1.807, 2.05) is 0 Å². The number of rotatable bonds is 8. The van der Waals surface area contributed by atoms with Crippen molar-refractivity contribution < 1.29 is 0 Å². The van der Waals surface area contributed by atoms with Gasteiger partial charge in [0.25, 0.3) is 0 Å². The standard InChI is InChI=1S/C65H44N2/c1-5-19-46(20-6-1)54-28-15-17-31-61(54)66(53-39-42-63-58(44-53)56-30-16-18-32-62(56)67(63)51-26-11-4-12-27-51)52-37-33-45(34-38-52)48-35-40-57-60(43-48)65(49-22-7-2-8-23-49,50-24-9-3-10-25-50)59-41-36-47-21-13-14-29-55(47)64(57)59/h1-44H. The summed E-state index contributed by atoms with van der Waals surface area (Å²) in [7, 11) is 0. The molecule has 0 bridgehead atoms. The Hall–Kier alpha value is -8.72. The Morgan fingerprint density at radius 2 is 0.910 bits per heavy atom. The maximum atomic E-state index is 2.47. The molecular weight excluding hydrogens is 809 g/mol. The molecule has 1 heterocycles. The van der Waals surface area contributed by atoms with Gasteiger partial charge in [-0.3, -0.25) is 0 Å². The van der Waals surface area contributed by atoms with Gasteiger partial charge >= 0.3 is 0 Å². The Labute approximate surface area is 390 Å². The van der Waals surface area contributed by atoms with Crippen molar-refractivity contribution in [3.05, 3.63) is 289 Å². The third kappa shape index (κ3) is 6.11. The SMILES string of the molecule is c1ccc(-c2ccccc2N(c2ccc(-c3ccc4c(c3)C(c3ccccc3)(c3ccccc3)c3ccc5ccccc5c3-4)cc2)c2ccc3c(c2)c2ccccc2n3-c2ccccc2)cc1. The molecule has 0 aliphatic heterocycles. The van der Waals surface area contributed by atoms with Crippen molar-refractivity contribution in [2.75, 3.05) is 4.90 Å². The second-order valence-electron chi connectivity index (χ2n) is 17.6. The maximum Gasteiger partial charge on any atom is 0.0714 e. The molecule has 67 heavy (non-hydrogen) atoms.